The minimum absolute atomic E-state index is 0.0582. The second-order valence-electron chi connectivity index (χ2n) is 18.1. The average Bonchev–Trinajstić information content (AvgIpc) is 3.14. The Kier molecular flexibility index (Phi) is 9.57. The van der Waals surface area contributed by atoms with E-state index < -0.39 is 40.4 Å². The smallest absolute Gasteiger partial charge is 0.168 e. The van der Waals surface area contributed by atoms with Crippen molar-refractivity contribution in [1.82, 2.24) is 0 Å². The number of Topliss-reactive ketones (excluding diaryl/α,β-unsaturated/α-hetero) is 2. The quantitative estimate of drug-likeness (QED) is 0.185. The number of aliphatic hydroxyl groups excluding tert-OH is 2. The van der Waals surface area contributed by atoms with Gasteiger partial charge >= 0.3 is 0 Å². The van der Waals surface area contributed by atoms with Gasteiger partial charge in [0, 0.05) is 41.8 Å². The molecule has 2 N–H and O–H groups in total. The molecule has 4 nitrogen and oxygen atoms in total. The molecular formula is C36H60O4Si4. The second-order valence-corrected chi connectivity index (χ2v) is 52.3. The summed E-state index contributed by atoms with van der Waals surface area (Å²) < 4.78 is 0. The van der Waals surface area contributed by atoms with Crippen LogP contribution in [0.2, 0.25) is 75.5 Å². The summed E-state index contributed by atoms with van der Waals surface area (Å²) in [4.78, 5) is 28.2. The van der Waals surface area contributed by atoms with Crippen molar-refractivity contribution >= 4 is 41.9 Å². The van der Waals surface area contributed by atoms with Crippen LogP contribution >= 0.6 is 0 Å². The van der Waals surface area contributed by atoms with E-state index in [9.17, 15) is 19.8 Å². The predicted molar refractivity (Wildman–Crippen MR) is 198 cm³/mol. The van der Waals surface area contributed by atoms with Gasteiger partial charge in [-0.1, -0.05) is 136 Å². The molecule has 3 rings (SSSR count). The highest BCUT2D eigenvalue weighted by Gasteiger charge is 2.56. The number of aliphatic hydroxyl groups is 2. The Morgan fingerprint density at radius 2 is 1.05 bits per heavy atom. The van der Waals surface area contributed by atoms with Gasteiger partial charge < -0.3 is 10.2 Å². The molecule has 0 amide bonds. The molecule has 0 saturated carbocycles. The van der Waals surface area contributed by atoms with Crippen molar-refractivity contribution < 1.29 is 19.8 Å². The van der Waals surface area contributed by atoms with Gasteiger partial charge in [0.25, 0.3) is 0 Å². The third-order valence-electron chi connectivity index (χ3n) is 13.3. The summed E-state index contributed by atoms with van der Waals surface area (Å²) in [7, 11) is -7.51. The Morgan fingerprint density at radius 1 is 0.659 bits per heavy atom. The van der Waals surface area contributed by atoms with Crippen LogP contribution in [0.3, 0.4) is 0 Å². The Labute approximate surface area is 271 Å². The number of hydrogen-bond acceptors (Lipinski definition) is 4. The van der Waals surface area contributed by atoms with E-state index >= 15 is 0 Å². The van der Waals surface area contributed by atoms with Gasteiger partial charge in [-0.05, 0) is 34.6 Å². The number of ketones is 2. The lowest BCUT2D eigenvalue weighted by Crippen LogP contribution is -2.63. The molecule has 1 aliphatic carbocycles. The van der Waals surface area contributed by atoms with Gasteiger partial charge in [0.15, 0.2) is 11.6 Å². The zero-order chi connectivity index (χ0) is 34.1. The molecule has 2 aromatic carbocycles. The molecule has 3 atom stereocenters. The van der Waals surface area contributed by atoms with Gasteiger partial charge in [-0.15, -0.1) is 0 Å². The molecule has 1 aliphatic rings. The maximum absolute atomic E-state index is 14.2. The van der Waals surface area contributed by atoms with E-state index in [0.29, 0.717) is 11.1 Å². The second kappa shape index (κ2) is 11.4. The van der Waals surface area contributed by atoms with Crippen molar-refractivity contribution in [2.24, 2.45) is 0 Å². The molecule has 244 valence electrons. The standard InChI is InChI=1S/C36H60O4Si4/c1-33(2)23-34(3,28-19-16-26(17-20-28)31(39)35(4,24-37)43(12,13)41(6,7)8)29-21-18-27(22-30(29)33)32(40)36(5,25-38)44(14,15)42(9,10)11/h16-22,37-38H,23-25H2,1-15H3. The fraction of sp³-hybridized carbons (Fsp3) is 0.611. The lowest BCUT2D eigenvalue weighted by Gasteiger charge is -2.48. The molecule has 44 heavy (non-hydrogen) atoms. The molecule has 0 saturated heterocycles. The highest BCUT2D eigenvalue weighted by Crippen LogP contribution is 2.54. The number of benzene rings is 2. The van der Waals surface area contributed by atoms with Crippen molar-refractivity contribution in [1.29, 1.82) is 0 Å². The van der Waals surface area contributed by atoms with Crippen LogP contribution in [0.15, 0.2) is 42.5 Å². The van der Waals surface area contributed by atoms with E-state index in [1.807, 2.05) is 32.0 Å². The SMILES string of the molecule is CC1(C)CC(C)(c2ccc(C(=O)C(C)(CO)[Si](C)(C)[Si](C)(C)C)cc2)c2ccc(C(=O)C(C)(CO)[Si](C)(C)[Si](C)(C)C)cc21. The van der Waals surface area contributed by atoms with Gasteiger partial charge in [-0.25, -0.2) is 0 Å². The van der Waals surface area contributed by atoms with Gasteiger partial charge in [-0.3, -0.25) is 9.59 Å². The molecule has 0 bridgehead atoms. The Bertz CT molecular complexity index is 1430. The first-order valence-corrected chi connectivity index (χ1v) is 31.3. The van der Waals surface area contributed by atoms with Gasteiger partial charge in [0.2, 0.25) is 0 Å². The molecule has 3 unspecified atom stereocenters. The van der Waals surface area contributed by atoms with Crippen molar-refractivity contribution in [2.45, 2.75) is 127 Å². The predicted octanol–water partition coefficient (Wildman–Crippen LogP) is 8.79. The largest absolute Gasteiger partial charge is 0.396 e. The number of fused-ring (bicyclic) bond motifs is 1. The Hall–Kier alpha value is -1.43. The minimum Gasteiger partial charge on any atom is -0.396 e. The van der Waals surface area contributed by atoms with Crippen molar-refractivity contribution in [3.63, 3.8) is 0 Å². The summed E-state index contributed by atoms with van der Waals surface area (Å²) >= 11 is 0. The van der Waals surface area contributed by atoms with Gasteiger partial charge in [0.1, 0.15) is 0 Å². The summed E-state index contributed by atoms with van der Waals surface area (Å²) in [5, 5.41) is 19.8. The Morgan fingerprint density at radius 3 is 1.43 bits per heavy atom. The number of rotatable bonds is 11. The average molecular weight is 669 g/mol. The molecule has 2 aromatic rings. The van der Waals surface area contributed by atoms with Crippen LogP contribution in [0.1, 0.15) is 78.4 Å². The Balaban J connectivity index is 2.06. The van der Waals surface area contributed by atoms with E-state index in [2.05, 4.69) is 111 Å². The molecule has 8 heteroatoms. The summed E-state index contributed by atoms with van der Waals surface area (Å²) in [5.41, 5.74) is 4.51. The van der Waals surface area contributed by atoms with Crippen molar-refractivity contribution in [3.8, 4) is 0 Å². The molecule has 0 radical (unpaired) electrons. The fourth-order valence-electron chi connectivity index (χ4n) is 7.45. The van der Waals surface area contributed by atoms with Crippen LogP contribution in [0.4, 0.5) is 0 Å². The monoisotopic (exact) mass is 668 g/mol. The van der Waals surface area contributed by atoms with Crippen LogP contribution in [-0.4, -0.2) is 65.4 Å². The van der Waals surface area contributed by atoms with E-state index in [0.717, 1.165) is 12.0 Å². The summed E-state index contributed by atoms with van der Waals surface area (Å²) in [5.74, 6) is 0.133. The van der Waals surface area contributed by atoms with Crippen molar-refractivity contribution in [2.75, 3.05) is 13.2 Å². The van der Waals surface area contributed by atoms with Crippen LogP contribution in [0.25, 0.3) is 0 Å². The molecule has 0 fully saturated rings. The zero-order valence-electron chi connectivity index (χ0n) is 30.4. The lowest BCUT2D eigenvalue weighted by molar-refractivity contribution is 0.0879. The topological polar surface area (TPSA) is 74.6 Å². The van der Waals surface area contributed by atoms with Crippen LogP contribution in [0.5, 0.6) is 0 Å². The zero-order valence-corrected chi connectivity index (χ0v) is 34.4. The van der Waals surface area contributed by atoms with E-state index in [4.69, 9.17) is 0 Å². The summed E-state index contributed by atoms with van der Waals surface area (Å²) in [6, 6.07) is 14.4. The first-order chi connectivity index (χ1) is 19.7. The highest BCUT2D eigenvalue weighted by atomic mass is 29.3. The lowest BCUT2D eigenvalue weighted by atomic mass is 9.75. The van der Waals surface area contributed by atoms with E-state index in [1.165, 1.54) is 11.1 Å². The molecule has 0 aromatic heterocycles. The maximum atomic E-state index is 14.2. The molecule has 0 aliphatic heterocycles. The number of hydrogen-bond donors (Lipinski definition) is 2. The van der Waals surface area contributed by atoms with Gasteiger partial charge in [-0.2, -0.15) is 0 Å². The molecular weight excluding hydrogens is 609 g/mol. The number of carbonyl (C=O) groups excluding carboxylic acids is 2. The third-order valence-corrected chi connectivity index (χ3v) is 52.9. The minimum atomic E-state index is -2.10. The maximum Gasteiger partial charge on any atom is 0.168 e. The van der Waals surface area contributed by atoms with Crippen LogP contribution in [0, 0.1) is 0 Å². The first kappa shape index (κ1) is 37.0. The molecule has 0 heterocycles. The molecule has 0 spiro atoms. The summed E-state index contributed by atoms with van der Waals surface area (Å²) in [6.07, 6.45) is 0.886. The van der Waals surface area contributed by atoms with Crippen LogP contribution in [-0.2, 0) is 10.8 Å². The van der Waals surface area contributed by atoms with Gasteiger partial charge in [0.05, 0.1) is 28.4 Å². The normalized spacial score (nSPS) is 21.8. The van der Waals surface area contributed by atoms with Crippen LogP contribution < -0.4 is 0 Å². The number of carbonyl (C=O) groups is 2. The third kappa shape index (κ3) is 5.49. The van der Waals surface area contributed by atoms with E-state index in [-0.39, 0.29) is 35.6 Å². The van der Waals surface area contributed by atoms with E-state index in [1.54, 1.807) is 0 Å². The fourth-order valence-corrected chi connectivity index (χ4v) is 24.1. The summed E-state index contributed by atoms with van der Waals surface area (Å²) in [6.45, 7) is 33.6. The highest BCUT2D eigenvalue weighted by molar-refractivity contribution is 7.42. The first-order valence-electron chi connectivity index (χ1n) is 16.3. The van der Waals surface area contributed by atoms with Crippen molar-refractivity contribution in [3.05, 3.63) is 70.3 Å².